The Kier molecular flexibility index (Phi) is 2.82. The Morgan fingerprint density at radius 2 is 2.00 bits per heavy atom. The Labute approximate surface area is 111 Å². The van der Waals surface area contributed by atoms with Crippen LogP contribution in [0.5, 0.6) is 0 Å². The molecule has 1 aliphatic rings. The van der Waals surface area contributed by atoms with E-state index in [0.29, 0.717) is 17.7 Å². The Morgan fingerprint density at radius 3 is 2.79 bits per heavy atom. The van der Waals surface area contributed by atoms with Crippen LogP contribution in [0.2, 0.25) is 0 Å². The molecule has 0 atom stereocenters. The van der Waals surface area contributed by atoms with Gasteiger partial charge in [-0.2, -0.15) is 0 Å². The van der Waals surface area contributed by atoms with Crippen LogP contribution >= 0.6 is 0 Å². The van der Waals surface area contributed by atoms with E-state index in [2.05, 4.69) is 0 Å². The van der Waals surface area contributed by atoms with Gasteiger partial charge in [0.15, 0.2) is 0 Å². The third kappa shape index (κ3) is 2.01. The van der Waals surface area contributed by atoms with Gasteiger partial charge in [0.1, 0.15) is 5.82 Å². The standard InChI is InChI=1S/C16H14FNO/c1-11-6-7-13(10-14(11)17)16(19)18-9-8-12-4-2-3-5-15(12)18/h2-7,10H,8-9H2,1H3. The lowest BCUT2D eigenvalue weighted by molar-refractivity contribution is 0.0989. The molecule has 0 bridgehead atoms. The van der Waals surface area contributed by atoms with E-state index in [9.17, 15) is 9.18 Å². The van der Waals surface area contributed by atoms with Gasteiger partial charge in [0.25, 0.3) is 5.91 Å². The zero-order valence-corrected chi connectivity index (χ0v) is 10.7. The Morgan fingerprint density at radius 1 is 1.21 bits per heavy atom. The van der Waals surface area contributed by atoms with Gasteiger partial charge in [0.05, 0.1) is 0 Å². The number of fused-ring (bicyclic) bond motifs is 1. The minimum atomic E-state index is -0.335. The number of aryl methyl sites for hydroxylation is 1. The zero-order valence-electron chi connectivity index (χ0n) is 10.7. The van der Waals surface area contributed by atoms with Crippen LogP contribution in [0, 0.1) is 12.7 Å². The van der Waals surface area contributed by atoms with E-state index >= 15 is 0 Å². The van der Waals surface area contributed by atoms with Crippen LogP contribution < -0.4 is 4.90 Å². The quantitative estimate of drug-likeness (QED) is 0.765. The van der Waals surface area contributed by atoms with E-state index in [4.69, 9.17) is 0 Å². The predicted octanol–water partition coefficient (Wildman–Crippen LogP) is 3.34. The molecule has 3 heteroatoms. The summed E-state index contributed by atoms with van der Waals surface area (Å²) in [6, 6.07) is 12.5. The van der Waals surface area contributed by atoms with E-state index in [1.807, 2.05) is 24.3 Å². The molecule has 1 heterocycles. The largest absolute Gasteiger partial charge is 0.308 e. The summed E-state index contributed by atoms with van der Waals surface area (Å²) in [6.07, 6.45) is 0.857. The molecule has 96 valence electrons. The summed E-state index contributed by atoms with van der Waals surface area (Å²) in [5, 5.41) is 0. The first-order valence-corrected chi connectivity index (χ1v) is 6.33. The summed E-state index contributed by atoms with van der Waals surface area (Å²) in [4.78, 5) is 14.2. The van der Waals surface area contributed by atoms with Gasteiger partial charge < -0.3 is 4.90 Å². The van der Waals surface area contributed by atoms with Gasteiger partial charge in [0, 0.05) is 17.8 Å². The van der Waals surface area contributed by atoms with Crippen LogP contribution in [0.3, 0.4) is 0 Å². The maximum Gasteiger partial charge on any atom is 0.258 e. The highest BCUT2D eigenvalue weighted by atomic mass is 19.1. The highest BCUT2D eigenvalue weighted by Crippen LogP contribution is 2.29. The molecule has 0 fully saturated rings. The topological polar surface area (TPSA) is 20.3 Å². The summed E-state index contributed by atoms with van der Waals surface area (Å²) in [7, 11) is 0. The van der Waals surface area contributed by atoms with Gasteiger partial charge in [-0.1, -0.05) is 24.3 Å². The van der Waals surface area contributed by atoms with Crippen molar-refractivity contribution in [2.45, 2.75) is 13.3 Å². The van der Waals surface area contributed by atoms with Crippen molar-refractivity contribution in [2.24, 2.45) is 0 Å². The lowest BCUT2D eigenvalue weighted by Crippen LogP contribution is -2.28. The molecule has 0 saturated heterocycles. The molecular formula is C16H14FNO. The van der Waals surface area contributed by atoms with Crippen molar-refractivity contribution in [3.05, 3.63) is 65.0 Å². The van der Waals surface area contributed by atoms with Gasteiger partial charge in [0.2, 0.25) is 0 Å². The van der Waals surface area contributed by atoms with Crippen molar-refractivity contribution in [1.29, 1.82) is 0 Å². The van der Waals surface area contributed by atoms with Gasteiger partial charge in [-0.05, 0) is 42.7 Å². The average molecular weight is 255 g/mol. The molecule has 1 aliphatic heterocycles. The molecule has 2 nitrogen and oxygen atoms in total. The number of benzene rings is 2. The van der Waals surface area contributed by atoms with Crippen LogP contribution in [0.1, 0.15) is 21.5 Å². The van der Waals surface area contributed by atoms with Crippen molar-refractivity contribution in [2.75, 3.05) is 11.4 Å². The fourth-order valence-corrected chi connectivity index (χ4v) is 2.43. The summed E-state index contributed by atoms with van der Waals surface area (Å²) in [5.74, 6) is -0.470. The van der Waals surface area contributed by atoms with Gasteiger partial charge in [-0.15, -0.1) is 0 Å². The molecule has 0 aromatic heterocycles. The molecule has 19 heavy (non-hydrogen) atoms. The first kappa shape index (κ1) is 11.9. The van der Waals surface area contributed by atoms with E-state index < -0.39 is 0 Å². The normalized spacial score (nSPS) is 13.5. The lowest BCUT2D eigenvalue weighted by atomic mass is 10.1. The first-order chi connectivity index (χ1) is 9.16. The second-order valence-electron chi connectivity index (χ2n) is 4.80. The monoisotopic (exact) mass is 255 g/mol. The van der Waals surface area contributed by atoms with Gasteiger partial charge in [-0.3, -0.25) is 4.79 Å². The van der Waals surface area contributed by atoms with Crippen molar-refractivity contribution >= 4 is 11.6 Å². The van der Waals surface area contributed by atoms with E-state index in [1.54, 1.807) is 24.0 Å². The number of carbonyl (C=O) groups is 1. The Bertz CT molecular complexity index is 651. The molecule has 0 N–H and O–H groups in total. The predicted molar refractivity (Wildman–Crippen MR) is 73.0 cm³/mol. The number of carbonyl (C=O) groups excluding carboxylic acids is 1. The number of halogens is 1. The fourth-order valence-electron chi connectivity index (χ4n) is 2.43. The molecule has 0 spiro atoms. The molecule has 0 aliphatic carbocycles. The molecule has 1 amide bonds. The maximum absolute atomic E-state index is 13.6. The molecule has 0 radical (unpaired) electrons. The number of nitrogens with zero attached hydrogens (tertiary/aromatic N) is 1. The Hall–Kier alpha value is -2.16. The number of amides is 1. The highest BCUT2D eigenvalue weighted by Gasteiger charge is 2.25. The van der Waals surface area contributed by atoms with E-state index in [0.717, 1.165) is 12.1 Å². The smallest absolute Gasteiger partial charge is 0.258 e. The SMILES string of the molecule is Cc1ccc(C(=O)N2CCc3ccccc32)cc1F. The second kappa shape index (κ2) is 4.50. The molecule has 0 saturated carbocycles. The van der Waals surface area contributed by atoms with Crippen LogP contribution in [-0.4, -0.2) is 12.5 Å². The van der Waals surface area contributed by atoms with Crippen molar-refractivity contribution in [3.63, 3.8) is 0 Å². The third-order valence-electron chi connectivity index (χ3n) is 3.55. The lowest BCUT2D eigenvalue weighted by Gasteiger charge is -2.17. The van der Waals surface area contributed by atoms with Gasteiger partial charge in [-0.25, -0.2) is 4.39 Å². The molecule has 2 aromatic carbocycles. The Balaban J connectivity index is 1.95. The van der Waals surface area contributed by atoms with Crippen molar-refractivity contribution in [3.8, 4) is 0 Å². The molecular weight excluding hydrogens is 241 g/mol. The number of hydrogen-bond acceptors (Lipinski definition) is 1. The number of rotatable bonds is 1. The van der Waals surface area contributed by atoms with Crippen molar-refractivity contribution in [1.82, 2.24) is 0 Å². The second-order valence-corrected chi connectivity index (χ2v) is 4.80. The van der Waals surface area contributed by atoms with Crippen LogP contribution in [-0.2, 0) is 6.42 Å². The number of hydrogen-bond donors (Lipinski definition) is 0. The van der Waals surface area contributed by atoms with Crippen LogP contribution in [0.4, 0.5) is 10.1 Å². The first-order valence-electron chi connectivity index (χ1n) is 6.33. The summed E-state index contributed by atoms with van der Waals surface area (Å²) >= 11 is 0. The molecule has 2 aromatic rings. The molecule has 3 rings (SSSR count). The van der Waals surface area contributed by atoms with E-state index in [-0.39, 0.29) is 11.7 Å². The third-order valence-corrected chi connectivity index (χ3v) is 3.55. The van der Waals surface area contributed by atoms with Gasteiger partial charge >= 0.3 is 0 Å². The maximum atomic E-state index is 13.6. The minimum Gasteiger partial charge on any atom is -0.308 e. The zero-order chi connectivity index (χ0) is 13.4. The summed E-state index contributed by atoms with van der Waals surface area (Å²) < 4.78 is 13.6. The van der Waals surface area contributed by atoms with Crippen LogP contribution in [0.15, 0.2) is 42.5 Å². The highest BCUT2D eigenvalue weighted by molar-refractivity contribution is 6.07. The van der Waals surface area contributed by atoms with E-state index in [1.165, 1.54) is 11.6 Å². The summed E-state index contributed by atoms with van der Waals surface area (Å²) in [6.45, 7) is 2.35. The molecule has 0 unspecified atom stereocenters. The van der Waals surface area contributed by atoms with Crippen molar-refractivity contribution < 1.29 is 9.18 Å². The average Bonchev–Trinajstić information content (AvgIpc) is 2.85. The number of para-hydroxylation sites is 1. The summed E-state index contributed by atoms with van der Waals surface area (Å²) in [5.41, 5.74) is 3.06. The van der Waals surface area contributed by atoms with Crippen LogP contribution in [0.25, 0.3) is 0 Å². The fraction of sp³-hybridized carbons (Fsp3) is 0.188. The number of anilines is 1. The minimum absolute atomic E-state index is 0.135.